The molecule has 0 saturated heterocycles. The molecule has 0 saturated carbocycles. The van der Waals surface area contributed by atoms with Gasteiger partial charge in [0.2, 0.25) is 0 Å². The van der Waals surface area contributed by atoms with Gasteiger partial charge in [-0.1, -0.05) is 17.7 Å². The molecular formula is C16H18ClNO3. The quantitative estimate of drug-likeness (QED) is 0.885. The molecule has 5 heteroatoms. The van der Waals surface area contributed by atoms with Gasteiger partial charge in [-0.15, -0.1) is 0 Å². The van der Waals surface area contributed by atoms with Crippen LogP contribution >= 0.6 is 11.6 Å². The van der Waals surface area contributed by atoms with Crippen molar-refractivity contribution in [1.29, 1.82) is 0 Å². The lowest BCUT2D eigenvalue weighted by molar-refractivity contribution is 0.214. The Labute approximate surface area is 129 Å². The fraction of sp³-hybridized carbons (Fsp3) is 0.312. The minimum Gasteiger partial charge on any atom is -0.490 e. The smallest absolute Gasteiger partial charge is 0.161 e. The Kier molecular flexibility index (Phi) is 5.42. The first-order chi connectivity index (χ1) is 10.2. The van der Waals surface area contributed by atoms with Gasteiger partial charge in [-0.05, 0) is 43.7 Å². The summed E-state index contributed by atoms with van der Waals surface area (Å²) in [5, 5.41) is 10.9. The minimum absolute atomic E-state index is 0.527. The molecule has 0 aliphatic rings. The van der Waals surface area contributed by atoms with Crippen molar-refractivity contribution in [3.8, 4) is 11.5 Å². The monoisotopic (exact) mass is 307 g/mol. The van der Waals surface area contributed by atoms with Gasteiger partial charge in [0.05, 0.1) is 23.9 Å². The zero-order valence-electron chi connectivity index (χ0n) is 12.0. The Morgan fingerprint density at radius 2 is 1.81 bits per heavy atom. The molecule has 0 fully saturated rings. The van der Waals surface area contributed by atoms with E-state index >= 15 is 0 Å². The molecule has 0 aliphatic heterocycles. The molecule has 21 heavy (non-hydrogen) atoms. The molecule has 1 atom stereocenters. The molecule has 4 nitrogen and oxygen atoms in total. The molecule has 0 bridgehead atoms. The third-order valence-electron chi connectivity index (χ3n) is 2.91. The third kappa shape index (κ3) is 3.86. The Balaban J connectivity index is 2.30. The number of aliphatic hydroxyl groups excluding tert-OH is 1. The van der Waals surface area contributed by atoms with Crippen LogP contribution in [0.4, 0.5) is 0 Å². The molecule has 0 aliphatic carbocycles. The maximum Gasteiger partial charge on any atom is 0.161 e. The zero-order valence-corrected chi connectivity index (χ0v) is 12.8. The topological polar surface area (TPSA) is 51.6 Å². The first kappa shape index (κ1) is 15.6. The zero-order chi connectivity index (χ0) is 15.2. The molecule has 0 radical (unpaired) electrons. The summed E-state index contributed by atoms with van der Waals surface area (Å²) >= 11 is 5.80. The van der Waals surface area contributed by atoms with E-state index in [0.29, 0.717) is 41.0 Å². The average Bonchev–Trinajstić information content (AvgIpc) is 2.49. The van der Waals surface area contributed by atoms with Crippen LogP contribution in [0.15, 0.2) is 36.5 Å². The second kappa shape index (κ2) is 7.29. The molecule has 1 aromatic heterocycles. The standard InChI is InChI=1S/C16H18ClNO3/c1-3-20-14-8-5-11(9-15(14)21-4-2)16(19)13-7-6-12(17)10-18-13/h5-10,16,19H,3-4H2,1-2H3. The van der Waals surface area contributed by atoms with Crippen LogP contribution in [0, 0.1) is 0 Å². The molecule has 1 unspecified atom stereocenters. The van der Waals surface area contributed by atoms with Gasteiger partial charge in [0.1, 0.15) is 6.10 Å². The van der Waals surface area contributed by atoms with Crippen molar-refractivity contribution in [2.75, 3.05) is 13.2 Å². The third-order valence-corrected chi connectivity index (χ3v) is 3.14. The molecule has 0 amide bonds. The lowest BCUT2D eigenvalue weighted by atomic mass is 10.1. The van der Waals surface area contributed by atoms with Crippen LogP contribution in [0.2, 0.25) is 5.02 Å². The van der Waals surface area contributed by atoms with E-state index in [4.69, 9.17) is 21.1 Å². The lowest BCUT2D eigenvalue weighted by Gasteiger charge is -2.15. The van der Waals surface area contributed by atoms with E-state index in [1.165, 1.54) is 6.20 Å². The Bertz CT molecular complexity index is 587. The molecule has 0 spiro atoms. The van der Waals surface area contributed by atoms with E-state index in [-0.39, 0.29) is 0 Å². The molecule has 2 rings (SSSR count). The molecular weight excluding hydrogens is 290 g/mol. The van der Waals surface area contributed by atoms with Gasteiger partial charge in [0, 0.05) is 6.20 Å². The number of hydrogen-bond acceptors (Lipinski definition) is 4. The number of halogens is 1. The summed E-state index contributed by atoms with van der Waals surface area (Å²) in [6, 6.07) is 8.77. The van der Waals surface area contributed by atoms with E-state index in [9.17, 15) is 5.11 Å². The summed E-state index contributed by atoms with van der Waals surface area (Å²) in [7, 11) is 0. The highest BCUT2D eigenvalue weighted by Crippen LogP contribution is 2.32. The van der Waals surface area contributed by atoms with Gasteiger partial charge in [-0.25, -0.2) is 0 Å². The van der Waals surface area contributed by atoms with Crippen LogP contribution in [-0.4, -0.2) is 23.3 Å². The number of hydrogen-bond donors (Lipinski definition) is 1. The highest BCUT2D eigenvalue weighted by Gasteiger charge is 2.15. The van der Waals surface area contributed by atoms with Gasteiger partial charge in [0.15, 0.2) is 11.5 Å². The number of benzene rings is 1. The highest BCUT2D eigenvalue weighted by atomic mass is 35.5. The van der Waals surface area contributed by atoms with Crippen molar-refractivity contribution in [2.45, 2.75) is 20.0 Å². The van der Waals surface area contributed by atoms with Gasteiger partial charge in [0.25, 0.3) is 0 Å². The van der Waals surface area contributed by atoms with Crippen molar-refractivity contribution in [1.82, 2.24) is 4.98 Å². The summed E-state index contributed by atoms with van der Waals surface area (Å²) in [6.07, 6.45) is 0.676. The van der Waals surface area contributed by atoms with Gasteiger partial charge < -0.3 is 14.6 Å². The van der Waals surface area contributed by atoms with Crippen molar-refractivity contribution in [3.63, 3.8) is 0 Å². The fourth-order valence-corrected chi connectivity index (χ4v) is 2.07. The highest BCUT2D eigenvalue weighted by molar-refractivity contribution is 6.30. The first-order valence-electron chi connectivity index (χ1n) is 6.84. The van der Waals surface area contributed by atoms with E-state index in [0.717, 1.165) is 0 Å². The van der Waals surface area contributed by atoms with Crippen molar-refractivity contribution in [3.05, 3.63) is 52.8 Å². The molecule has 1 aromatic carbocycles. The van der Waals surface area contributed by atoms with E-state index in [2.05, 4.69) is 4.98 Å². The predicted octanol–water partition coefficient (Wildman–Crippen LogP) is 3.61. The fourth-order valence-electron chi connectivity index (χ4n) is 1.96. The van der Waals surface area contributed by atoms with Gasteiger partial charge >= 0.3 is 0 Å². The van der Waals surface area contributed by atoms with E-state index in [1.807, 2.05) is 13.8 Å². The number of nitrogens with zero attached hydrogens (tertiary/aromatic N) is 1. The normalized spacial score (nSPS) is 12.0. The first-order valence-corrected chi connectivity index (χ1v) is 7.22. The number of rotatable bonds is 6. The summed E-state index contributed by atoms with van der Waals surface area (Å²) in [5.74, 6) is 1.28. The van der Waals surface area contributed by atoms with Crippen molar-refractivity contribution < 1.29 is 14.6 Å². The summed E-state index contributed by atoms with van der Waals surface area (Å²) in [6.45, 7) is 4.90. The Morgan fingerprint density at radius 3 is 2.43 bits per heavy atom. The van der Waals surface area contributed by atoms with Gasteiger partial charge in [-0.2, -0.15) is 0 Å². The van der Waals surface area contributed by atoms with E-state index in [1.54, 1.807) is 30.3 Å². The van der Waals surface area contributed by atoms with Crippen LogP contribution < -0.4 is 9.47 Å². The van der Waals surface area contributed by atoms with E-state index < -0.39 is 6.10 Å². The molecule has 2 aromatic rings. The minimum atomic E-state index is -0.836. The van der Waals surface area contributed by atoms with Crippen LogP contribution in [0.5, 0.6) is 11.5 Å². The number of aromatic nitrogens is 1. The second-order valence-corrected chi connectivity index (χ2v) is 4.81. The van der Waals surface area contributed by atoms with Crippen LogP contribution in [0.25, 0.3) is 0 Å². The van der Waals surface area contributed by atoms with Crippen LogP contribution in [0.1, 0.15) is 31.2 Å². The number of aliphatic hydroxyl groups is 1. The summed E-state index contributed by atoms with van der Waals surface area (Å²) < 4.78 is 11.1. The Hall–Kier alpha value is -1.78. The van der Waals surface area contributed by atoms with Crippen molar-refractivity contribution >= 4 is 11.6 Å². The number of pyridine rings is 1. The average molecular weight is 308 g/mol. The largest absolute Gasteiger partial charge is 0.490 e. The summed E-state index contributed by atoms with van der Waals surface area (Å²) in [5.41, 5.74) is 1.22. The molecule has 1 heterocycles. The number of ether oxygens (including phenoxy) is 2. The maximum absolute atomic E-state index is 10.4. The molecule has 1 N–H and O–H groups in total. The summed E-state index contributed by atoms with van der Waals surface area (Å²) in [4.78, 5) is 4.13. The SMILES string of the molecule is CCOc1ccc(C(O)c2ccc(Cl)cn2)cc1OCC. The lowest BCUT2D eigenvalue weighted by Crippen LogP contribution is -2.04. The second-order valence-electron chi connectivity index (χ2n) is 4.38. The Morgan fingerprint density at radius 1 is 1.10 bits per heavy atom. The predicted molar refractivity (Wildman–Crippen MR) is 82.1 cm³/mol. The maximum atomic E-state index is 10.4. The van der Waals surface area contributed by atoms with Crippen LogP contribution in [0.3, 0.4) is 0 Å². The molecule has 112 valence electrons. The van der Waals surface area contributed by atoms with Crippen LogP contribution in [-0.2, 0) is 0 Å². The van der Waals surface area contributed by atoms with Crippen molar-refractivity contribution in [2.24, 2.45) is 0 Å². The van der Waals surface area contributed by atoms with Gasteiger partial charge in [-0.3, -0.25) is 4.98 Å².